The largest absolute Gasteiger partial charge is 0.243 e. The molecular weight excluding hydrogens is 408 g/mol. The van der Waals surface area contributed by atoms with E-state index in [0.29, 0.717) is 17.9 Å². The summed E-state index contributed by atoms with van der Waals surface area (Å²) >= 11 is 0. The van der Waals surface area contributed by atoms with E-state index in [9.17, 15) is 16.8 Å². The third-order valence-electron chi connectivity index (χ3n) is 5.20. The number of piperidine rings is 1. The van der Waals surface area contributed by atoms with E-state index in [2.05, 4.69) is 4.72 Å². The van der Waals surface area contributed by atoms with E-state index in [0.717, 1.165) is 30.4 Å². The monoisotopic (exact) mass is 436 g/mol. The molecule has 1 aliphatic rings. The SMILES string of the molecule is Cc1ccc(S(=O)(=O)N2CCCCC2CCNS(=O)(=O)Cc2ccccc2)cc1. The zero-order chi connectivity index (χ0) is 20.9. The molecule has 1 aliphatic heterocycles. The number of benzene rings is 2. The molecule has 2 aromatic rings. The van der Waals surface area contributed by atoms with Gasteiger partial charge in [0.2, 0.25) is 20.0 Å². The Bertz CT molecular complexity index is 1000. The fourth-order valence-corrected chi connectivity index (χ4v) is 6.54. The summed E-state index contributed by atoms with van der Waals surface area (Å²) in [6.07, 6.45) is 2.97. The van der Waals surface area contributed by atoms with Crippen molar-refractivity contribution in [1.29, 1.82) is 0 Å². The fraction of sp³-hybridized carbons (Fsp3) is 0.429. The molecule has 0 saturated carbocycles. The molecule has 0 bridgehead atoms. The molecule has 2 aromatic carbocycles. The van der Waals surface area contributed by atoms with Crippen LogP contribution >= 0.6 is 0 Å². The van der Waals surface area contributed by atoms with E-state index in [1.54, 1.807) is 52.8 Å². The van der Waals surface area contributed by atoms with E-state index in [1.807, 2.05) is 13.0 Å². The lowest BCUT2D eigenvalue weighted by Gasteiger charge is -2.34. The van der Waals surface area contributed by atoms with Crippen LogP contribution < -0.4 is 4.72 Å². The maximum Gasteiger partial charge on any atom is 0.243 e. The van der Waals surface area contributed by atoms with Gasteiger partial charge in [-0.3, -0.25) is 0 Å². The lowest BCUT2D eigenvalue weighted by atomic mass is 10.0. The summed E-state index contributed by atoms with van der Waals surface area (Å²) in [5, 5.41) is 0. The van der Waals surface area contributed by atoms with Crippen molar-refractivity contribution < 1.29 is 16.8 Å². The van der Waals surface area contributed by atoms with Gasteiger partial charge < -0.3 is 0 Å². The highest BCUT2D eigenvalue weighted by Crippen LogP contribution is 2.27. The zero-order valence-electron chi connectivity index (χ0n) is 16.6. The molecule has 0 amide bonds. The van der Waals surface area contributed by atoms with Crippen molar-refractivity contribution in [2.45, 2.75) is 49.3 Å². The molecule has 158 valence electrons. The van der Waals surface area contributed by atoms with Crippen LogP contribution in [0.1, 0.15) is 36.8 Å². The Kier molecular flexibility index (Phi) is 7.10. The number of rotatable bonds is 8. The van der Waals surface area contributed by atoms with Crippen LogP contribution in [0.25, 0.3) is 0 Å². The van der Waals surface area contributed by atoms with Crippen molar-refractivity contribution in [2.75, 3.05) is 13.1 Å². The fourth-order valence-electron chi connectivity index (χ4n) is 3.65. The smallest absolute Gasteiger partial charge is 0.215 e. The van der Waals surface area contributed by atoms with Crippen LogP contribution in [0.15, 0.2) is 59.5 Å². The molecule has 8 heteroatoms. The standard InChI is InChI=1S/C21H28N2O4S2/c1-18-10-12-21(13-11-18)29(26,27)23-16-6-5-9-20(23)14-15-22-28(24,25)17-19-7-3-2-4-8-19/h2-4,7-8,10-13,20,22H,5-6,9,14-17H2,1H3. The molecule has 3 rings (SSSR count). The first-order valence-electron chi connectivity index (χ1n) is 9.88. The summed E-state index contributed by atoms with van der Waals surface area (Å²) in [4.78, 5) is 0.291. The van der Waals surface area contributed by atoms with Gasteiger partial charge in [-0.2, -0.15) is 4.31 Å². The van der Waals surface area contributed by atoms with Crippen molar-refractivity contribution >= 4 is 20.0 Å². The molecule has 0 radical (unpaired) electrons. The van der Waals surface area contributed by atoms with Gasteiger partial charge in [0, 0.05) is 19.1 Å². The van der Waals surface area contributed by atoms with E-state index >= 15 is 0 Å². The molecule has 1 heterocycles. The molecule has 1 saturated heterocycles. The first kappa shape index (κ1) is 22.0. The van der Waals surface area contributed by atoms with E-state index in [4.69, 9.17) is 0 Å². The molecule has 1 atom stereocenters. The normalized spacial score (nSPS) is 18.6. The van der Waals surface area contributed by atoms with Crippen molar-refractivity contribution in [3.8, 4) is 0 Å². The van der Waals surface area contributed by atoms with Crippen LogP contribution in [0, 0.1) is 6.92 Å². The first-order chi connectivity index (χ1) is 13.8. The summed E-state index contributed by atoms with van der Waals surface area (Å²) < 4.78 is 55.0. The second kappa shape index (κ2) is 9.38. The van der Waals surface area contributed by atoms with Gasteiger partial charge in [-0.15, -0.1) is 0 Å². The van der Waals surface area contributed by atoms with Crippen LogP contribution in [-0.2, 0) is 25.8 Å². The van der Waals surface area contributed by atoms with Crippen LogP contribution in [0.3, 0.4) is 0 Å². The topological polar surface area (TPSA) is 83.6 Å². The summed E-state index contributed by atoms with van der Waals surface area (Å²) in [7, 11) is -7.05. The third kappa shape index (κ3) is 5.88. The minimum absolute atomic E-state index is 0.0795. The Balaban J connectivity index is 1.63. The van der Waals surface area contributed by atoms with Crippen LogP contribution in [0.5, 0.6) is 0 Å². The number of sulfonamides is 2. The molecule has 0 aromatic heterocycles. The molecule has 1 fully saturated rings. The van der Waals surface area contributed by atoms with Gasteiger partial charge in [-0.05, 0) is 43.9 Å². The van der Waals surface area contributed by atoms with Crippen molar-refractivity contribution in [3.63, 3.8) is 0 Å². The summed E-state index contributed by atoms with van der Waals surface area (Å²) in [6, 6.07) is 15.7. The Labute approximate surface area is 174 Å². The number of nitrogens with one attached hydrogen (secondary N) is 1. The van der Waals surface area contributed by atoms with Crippen LogP contribution in [0.4, 0.5) is 0 Å². The van der Waals surface area contributed by atoms with Crippen molar-refractivity contribution in [1.82, 2.24) is 9.03 Å². The zero-order valence-corrected chi connectivity index (χ0v) is 18.3. The highest BCUT2D eigenvalue weighted by Gasteiger charge is 2.33. The molecule has 1 unspecified atom stereocenters. The summed E-state index contributed by atoms with van der Waals surface area (Å²) in [6.45, 7) is 2.61. The lowest BCUT2D eigenvalue weighted by Crippen LogP contribution is -2.45. The molecule has 0 aliphatic carbocycles. The van der Waals surface area contributed by atoms with Gasteiger partial charge in [-0.1, -0.05) is 54.4 Å². The minimum atomic E-state index is -3.59. The number of aryl methyl sites for hydroxylation is 1. The average Bonchev–Trinajstić information content (AvgIpc) is 2.69. The van der Waals surface area contributed by atoms with Crippen LogP contribution in [0.2, 0.25) is 0 Å². The van der Waals surface area contributed by atoms with E-state index in [-0.39, 0.29) is 18.3 Å². The molecule has 6 nitrogen and oxygen atoms in total. The Morgan fingerprint density at radius 1 is 0.966 bits per heavy atom. The van der Waals surface area contributed by atoms with Gasteiger partial charge in [-0.25, -0.2) is 21.6 Å². The molecule has 29 heavy (non-hydrogen) atoms. The summed E-state index contributed by atoms with van der Waals surface area (Å²) in [5.41, 5.74) is 1.73. The number of hydrogen-bond donors (Lipinski definition) is 1. The first-order valence-corrected chi connectivity index (χ1v) is 13.0. The predicted octanol–water partition coefficient (Wildman–Crippen LogP) is 3.05. The molecular formula is C21H28N2O4S2. The second-order valence-electron chi connectivity index (χ2n) is 7.51. The summed E-state index contributed by atoms with van der Waals surface area (Å²) in [5.74, 6) is -0.0795. The highest BCUT2D eigenvalue weighted by molar-refractivity contribution is 7.89. The van der Waals surface area contributed by atoms with Crippen LogP contribution in [-0.4, -0.2) is 40.3 Å². The van der Waals surface area contributed by atoms with Gasteiger partial charge in [0.05, 0.1) is 10.6 Å². The average molecular weight is 437 g/mol. The Hall–Kier alpha value is -1.74. The van der Waals surface area contributed by atoms with Crippen molar-refractivity contribution in [2.24, 2.45) is 0 Å². The molecule has 0 spiro atoms. The highest BCUT2D eigenvalue weighted by atomic mass is 32.2. The third-order valence-corrected chi connectivity index (χ3v) is 8.52. The van der Waals surface area contributed by atoms with Gasteiger partial charge >= 0.3 is 0 Å². The van der Waals surface area contributed by atoms with Gasteiger partial charge in [0.15, 0.2) is 0 Å². The lowest BCUT2D eigenvalue weighted by molar-refractivity contribution is 0.242. The maximum atomic E-state index is 13.1. The Morgan fingerprint density at radius 3 is 2.34 bits per heavy atom. The van der Waals surface area contributed by atoms with Gasteiger partial charge in [0.1, 0.15) is 0 Å². The quantitative estimate of drug-likeness (QED) is 0.689. The number of hydrogen-bond acceptors (Lipinski definition) is 4. The van der Waals surface area contributed by atoms with E-state index < -0.39 is 20.0 Å². The predicted molar refractivity (Wildman–Crippen MR) is 114 cm³/mol. The number of nitrogens with zero attached hydrogens (tertiary/aromatic N) is 1. The second-order valence-corrected chi connectivity index (χ2v) is 11.2. The van der Waals surface area contributed by atoms with E-state index in [1.165, 1.54) is 0 Å². The van der Waals surface area contributed by atoms with Gasteiger partial charge in [0.25, 0.3) is 0 Å². The molecule has 1 N–H and O–H groups in total. The Morgan fingerprint density at radius 2 is 1.66 bits per heavy atom. The minimum Gasteiger partial charge on any atom is -0.215 e. The maximum absolute atomic E-state index is 13.1. The van der Waals surface area contributed by atoms with Crippen molar-refractivity contribution in [3.05, 3.63) is 65.7 Å².